The average Bonchev–Trinajstić information content (AvgIpc) is 3.11. The normalized spacial score (nSPS) is 12.7. The summed E-state index contributed by atoms with van der Waals surface area (Å²) in [7, 11) is 0. The number of halogens is 1. The molecule has 4 rings (SSSR count). The van der Waals surface area contributed by atoms with Crippen LogP contribution in [0.25, 0.3) is 0 Å². The highest BCUT2D eigenvalue weighted by molar-refractivity contribution is 5.94. The monoisotopic (exact) mass is 360 g/mol. The van der Waals surface area contributed by atoms with Gasteiger partial charge in [0.2, 0.25) is 0 Å². The molecular weight excluding hydrogens is 339 g/mol. The molecule has 1 heterocycles. The van der Waals surface area contributed by atoms with Gasteiger partial charge in [-0.05, 0) is 53.4 Å². The number of fused-ring (bicyclic) bond motifs is 1. The van der Waals surface area contributed by atoms with Crippen LogP contribution >= 0.6 is 0 Å². The molecular formula is C23H21FN2O. The molecule has 3 nitrogen and oxygen atoms in total. The van der Waals surface area contributed by atoms with E-state index >= 15 is 0 Å². The lowest BCUT2D eigenvalue weighted by atomic mass is 10.1. The molecule has 0 spiro atoms. The van der Waals surface area contributed by atoms with E-state index in [0.29, 0.717) is 12.1 Å². The van der Waals surface area contributed by atoms with Crippen LogP contribution in [0, 0.1) is 5.82 Å². The molecule has 0 fully saturated rings. The number of amides is 1. The summed E-state index contributed by atoms with van der Waals surface area (Å²) in [5.74, 6) is -0.404. The lowest BCUT2D eigenvalue weighted by Gasteiger charge is -2.19. The van der Waals surface area contributed by atoms with Crippen LogP contribution in [-0.2, 0) is 19.5 Å². The molecule has 0 aliphatic carbocycles. The first kappa shape index (κ1) is 17.3. The van der Waals surface area contributed by atoms with E-state index in [0.717, 1.165) is 25.1 Å². The summed E-state index contributed by atoms with van der Waals surface area (Å²) in [6, 6.07) is 22.4. The maximum absolute atomic E-state index is 12.9. The summed E-state index contributed by atoms with van der Waals surface area (Å²) in [4.78, 5) is 14.7. The van der Waals surface area contributed by atoms with Crippen LogP contribution in [0.4, 0.5) is 10.1 Å². The molecule has 0 bridgehead atoms. The number of nitrogens with zero attached hydrogens (tertiary/aromatic N) is 1. The van der Waals surface area contributed by atoms with Crippen molar-refractivity contribution in [3.8, 4) is 0 Å². The molecule has 3 aromatic carbocycles. The fourth-order valence-electron chi connectivity index (χ4n) is 3.44. The van der Waals surface area contributed by atoms with Crippen LogP contribution in [0.3, 0.4) is 0 Å². The summed E-state index contributed by atoms with van der Waals surface area (Å²) in [5.41, 5.74) is 5.38. The van der Waals surface area contributed by atoms with Gasteiger partial charge in [-0.15, -0.1) is 0 Å². The number of hydrogen-bond donors (Lipinski definition) is 1. The van der Waals surface area contributed by atoms with Gasteiger partial charge in [-0.1, -0.05) is 42.5 Å². The molecule has 1 N–H and O–H groups in total. The van der Waals surface area contributed by atoms with Crippen LogP contribution < -0.4 is 10.2 Å². The minimum Gasteiger partial charge on any atom is -0.367 e. The van der Waals surface area contributed by atoms with E-state index in [9.17, 15) is 9.18 Å². The van der Waals surface area contributed by atoms with Crippen molar-refractivity contribution in [2.24, 2.45) is 0 Å². The van der Waals surface area contributed by atoms with Gasteiger partial charge in [0.1, 0.15) is 5.82 Å². The molecule has 0 saturated carbocycles. The molecule has 1 aliphatic heterocycles. The Morgan fingerprint density at radius 1 is 0.926 bits per heavy atom. The van der Waals surface area contributed by atoms with E-state index < -0.39 is 0 Å². The average molecular weight is 360 g/mol. The number of benzene rings is 3. The molecule has 1 amide bonds. The first-order chi connectivity index (χ1) is 13.2. The van der Waals surface area contributed by atoms with Gasteiger partial charge in [0, 0.05) is 30.9 Å². The molecule has 136 valence electrons. The largest absolute Gasteiger partial charge is 0.367 e. The summed E-state index contributed by atoms with van der Waals surface area (Å²) in [5, 5.41) is 2.87. The number of carbonyl (C=O) groups excluding carboxylic acids is 1. The van der Waals surface area contributed by atoms with Crippen LogP contribution in [0.15, 0.2) is 72.8 Å². The maximum atomic E-state index is 12.9. The van der Waals surface area contributed by atoms with E-state index in [2.05, 4.69) is 34.5 Å². The predicted molar refractivity (Wildman–Crippen MR) is 105 cm³/mol. The highest BCUT2D eigenvalue weighted by atomic mass is 19.1. The molecule has 0 saturated heterocycles. The second-order valence-corrected chi connectivity index (χ2v) is 6.81. The zero-order valence-electron chi connectivity index (χ0n) is 15.0. The third kappa shape index (κ3) is 4.00. The van der Waals surface area contributed by atoms with Crippen molar-refractivity contribution in [1.82, 2.24) is 5.32 Å². The van der Waals surface area contributed by atoms with Crippen molar-refractivity contribution >= 4 is 11.6 Å². The molecule has 0 atom stereocenters. The number of hydrogen-bond acceptors (Lipinski definition) is 2. The van der Waals surface area contributed by atoms with Crippen molar-refractivity contribution in [2.45, 2.75) is 19.5 Å². The summed E-state index contributed by atoms with van der Waals surface area (Å²) >= 11 is 0. The lowest BCUT2D eigenvalue weighted by molar-refractivity contribution is 0.0951. The second kappa shape index (κ2) is 7.62. The third-order valence-electron chi connectivity index (χ3n) is 4.94. The number of carbonyl (C=O) groups is 1. The van der Waals surface area contributed by atoms with Crippen molar-refractivity contribution in [2.75, 3.05) is 11.4 Å². The Labute approximate surface area is 158 Å². The topological polar surface area (TPSA) is 32.3 Å². The Morgan fingerprint density at radius 2 is 1.63 bits per heavy atom. The first-order valence-corrected chi connectivity index (χ1v) is 9.13. The van der Waals surface area contributed by atoms with Gasteiger partial charge in [-0.25, -0.2) is 4.39 Å². The quantitative estimate of drug-likeness (QED) is 0.735. The smallest absolute Gasteiger partial charge is 0.251 e. The molecule has 3 aromatic rings. The molecule has 27 heavy (non-hydrogen) atoms. The van der Waals surface area contributed by atoms with Gasteiger partial charge in [0.05, 0.1) is 0 Å². The molecule has 0 unspecified atom stereocenters. The van der Waals surface area contributed by atoms with Crippen molar-refractivity contribution in [1.29, 1.82) is 0 Å². The van der Waals surface area contributed by atoms with Crippen molar-refractivity contribution in [3.63, 3.8) is 0 Å². The van der Waals surface area contributed by atoms with Crippen molar-refractivity contribution in [3.05, 3.63) is 101 Å². The third-order valence-corrected chi connectivity index (χ3v) is 4.94. The summed E-state index contributed by atoms with van der Waals surface area (Å²) in [6.07, 6.45) is 1.08. The standard InChI is InChI=1S/C23H21FN2O/c24-21-11-7-17(8-12-21)15-25-23(27)20-9-5-18(6-10-20)16-26-14-13-19-3-1-2-4-22(19)26/h1-12H,13-16H2,(H,25,27). The Kier molecular flexibility index (Phi) is 4.88. The second-order valence-electron chi connectivity index (χ2n) is 6.81. The van der Waals surface area contributed by atoms with Crippen LogP contribution in [0.2, 0.25) is 0 Å². The number of nitrogens with one attached hydrogen (secondary N) is 1. The van der Waals surface area contributed by atoms with Crippen molar-refractivity contribution < 1.29 is 9.18 Å². The van der Waals surface area contributed by atoms with Crippen LogP contribution in [0.5, 0.6) is 0 Å². The maximum Gasteiger partial charge on any atom is 0.251 e. The fraction of sp³-hybridized carbons (Fsp3) is 0.174. The molecule has 4 heteroatoms. The van der Waals surface area contributed by atoms with E-state index in [4.69, 9.17) is 0 Å². The Balaban J connectivity index is 1.36. The van der Waals surface area contributed by atoms with E-state index in [-0.39, 0.29) is 11.7 Å². The van der Waals surface area contributed by atoms with Gasteiger partial charge in [-0.2, -0.15) is 0 Å². The summed E-state index contributed by atoms with van der Waals surface area (Å²) in [6.45, 7) is 2.25. The number of anilines is 1. The van der Waals surface area contributed by atoms with E-state index in [1.807, 2.05) is 24.3 Å². The predicted octanol–water partition coefficient (Wildman–Crippen LogP) is 4.32. The van der Waals surface area contributed by atoms with E-state index in [1.165, 1.54) is 28.9 Å². The van der Waals surface area contributed by atoms with E-state index in [1.54, 1.807) is 12.1 Å². The minimum absolute atomic E-state index is 0.127. The number of rotatable bonds is 5. The Morgan fingerprint density at radius 3 is 2.41 bits per heavy atom. The molecule has 1 aliphatic rings. The van der Waals surface area contributed by atoms with Gasteiger partial charge < -0.3 is 10.2 Å². The zero-order valence-corrected chi connectivity index (χ0v) is 15.0. The molecule has 0 radical (unpaired) electrons. The van der Waals surface area contributed by atoms with Gasteiger partial charge in [0.15, 0.2) is 0 Å². The number of para-hydroxylation sites is 1. The van der Waals surface area contributed by atoms with Crippen LogP contribution in [0.1, 0.15) is 27.0 Å². The zero-order chi connectivity index (χ0) is 18.6. The lowest BCUT2D eigenvalue weighted by Crippen LogP contribution is -2.23. The first-order valence-electron chi connectivity index (χ1n) is 9.13. The SMILES string of the molecule is O=C(NCc1ccc(F)cc1)c1ccc(CN2CCc3ccccc32)cc1. The highest BCUT2D eigenvalue weighted by Gasteiger charge is 2.18. The summed E-state index contributed by atoms with van der Waals surface area (Å²) < 4.78 is 12.9. The molecule has 0 aromatic heterocycles. The highest BCUT2D eigenvalue weighted by Crippen LogP contribution is 2.28. The Hall–Kier alpha value is -3.14. The van der Waals surface area contributed by atoms with Gasteiger partial charge in [0.25, 0.3) is 5.91 Å². The van der Waals surface area contributed by atoms with Crippen LogP contribution in [-0.4, -0.2) is 12.5 Å². The van der Waals surface area contributed by atoms with Gasteiger partial charge >= 0.3 is 0 Å². The fourth-order valence-corrected chi connectivity index (χ4v) is 3.44. The Bertz CT molecular complexity index is 935. The van der Waals surface area contributed by atoms with Gasteiger partial charge in [-0.3, -0.25) is 4.79 Å². The minimum atomic E-state index is -0.277.